The number of amides is 2. The first-order valence-corrected chi connectivity index (χ1v) is 11.5. The zero-order valence-corrected chi connectivity index (χ0v) is 16.4. The van der Waals surface area contributed by atoms with Gasteiger partial charge in [-0.25, -0.2) is 0 Å². The summed E-state index contributed by atoms with van der Waals surface area (Å²) in [6.07, 6.45) is 1.88. The Morgan fingerprint density at radius 1 is 0.962 bits per heavy atom. The predicted octanol–water partition coefficient (Wildman–Crippen LogP) is -1.79. The van der Waals surface area contributed by atoms with Gasteiger partial charge in [0.05, 0.1) is 17.5 Å². The van der Waals surface area contributed by atoms with Crippen LogP contribution in [0.25, 0.3) is 0 Å². The molecule has 6 atom stereocenters. The van der Waals surface area contributed by atoms with E-state index in [9.17, 15) is 9.59 Å². The van der Waals surface area contributed by atoms with E-state index in [1.807, 2.05) is 0 Å². The van der Waals surface area contributed by atoms with Crippen molar-refractivity contribution < 1.29 is 9.59 Å². The average molecular weight is 401 g/mol. The van der Waals surface area contributed by atoms with Gasteiger partial charge >= 0.3 is 0 Å². The van der Waals surface area contributed by atoms with E-state index in [4.69, 9.17) is 0 Å². The Morgan fingerprint density at radius 3 is 2.65 bits per heavy atom. The van der Waals surface area contributed by atoms with Crippen LogP contribution in [-0.2, 0) is 9.59 Å². The Bertz CT molecular complexity index is 519. The topological polar surface area (TPSA) is 106 Å². The summed E-state index contributed by atoms with van der Waals surface area (Å²) in [6, 6.07) is 0.365. The van der Waals surface area contributed by atoms with Crippen LogP contribution in [0.4, 0.5) is 0 Å². The fraction of sp³-hybridized carbons (Fsp3) is 0.875. The predicted molar refractivity (Wildman–Crippen MR) is 105 cm³/mol. The van der Waals surface area contributed by atoms with Crippen molar-refractivity contribution in [1.29, 1.82) is 0 Å². The van der Waals surface area contributed by atoms with Gasteiger partial charge in [-0.1, -0.05) is 0 Å². The molecule has 4 saturated heterocycles. The summed E-state index contributed by atoms with van der Waals surface area (Å²) in [4.78, 5) is 25.4. The third kappa shape index (κ3) is 4.31. The van der Waals surface area contributed by atoms with Crippen LogP contribution in [0, 0.1) is 5.92 Å². The Hall–Kier alpha value is -0.520. The van der Waals surface area contributed by atoms with Gasteiger partial charge in [0.2, 0.25) is 11.8 Å². The van der Waals surface area contributed by atoms with Crippen molar-refractivity contribution in [3.05, 3.63) is 0 Å². The van der Waals surface area contributed by atoms with Gasteiger partial charge in [0.1, 0.15) is 5.37 Å². The molecule has 6 unspecified atom stereocenters. The number of carbonyl (C=O) groups excluding carboxylic acids is 2. The molecule has 2 amide bonds. The summed E-state index contributed by atoms with van der Waals surface area (Å²) in [5, 5.41) is 19.7. The maximum Gasteiger partial charge on any atom is 0.248 e. The fourth-order valence-corrected chi connectivity index (χ4v) is 6.71. The molecule has 10 heteroatoms. The summed E-state index contributed by atoms with van der Waals surface area (Å²) in [7, 11) is 0. The van der Waals surface area contributed by atoms with Gasteiger partial charge < -0.3 is 21.3 Å². The summed E-state index contributed by atoms with van der Waals surface area (Å²) in [5.41, 5.74) is 0. The number of piperidine rings is 1. The van der Waals surface area contributed by atoms with Crippen molar-refractivity contribution in [2.45, 2.75) is 41.0 Å². The van der Waals surface area contributed by atoms with Gasteiger partial charge in [-0.3, -0.25) is 20.2 Å². The monoisotopic (exact) mass is 400 g/mol. The molecule has 4 fully saturated rings. The van der Waals surface area contributed by atoms with Crippen LogP contribution >= 0.6 is 23.5 Å². The first-order valence-electron chi connectivity index (χ1n) is 9.49. The number of hydrogen-bond donors (Lipinski definition) is 6. The van der Waals surface area contributed by atoms with E-state index in [0.717, 1.165) is 51.3 Å². The molecule has 0 radical (unpaired) electrons. The second-order valence-electron chi connectivity index (χ2n) is 7.24. The van der Waals surface area contributed by atoms with Gasteiger partial charge in [-0.05, 0) is 25.1 Å². The molecule has 0 aromatic carbocycles. The minimum Gasteiger partial charge on any atom is -0.341 e. The number of fused-ring (bicyclic) bond motifs is 1. The van der Waals surface area contributed by atoms with Crippen LogP contribution in [0.3, 0.4) is 0 Å². The van der Waals surface area contributed by atoms with Gasteiger partial charge in [0.15, 0.2) is 0 Å². The molecule has 146 valence electrons. The highest BCUT2D eigenvalue weighted by atomic mass is 32.2. The summed E-state index contributed by atoms with van der Waals surface area (Å²) in [6.45, 7) is 4.46. The van der Waals surface area contributed by atoms with E-state index in [1.54, 1.807) is 23.5 Å². The first-order chi connectivity index (χ1) is 12.7. The highest BCUT2D eigenvalue weighted by Crippen LogP contribution is 2.34. The number of nitrogens with one attached hydrogen (secondary N) is 6. The van der Waals surface area contributed by atoms with Crippen molar-refractivity contribution in [3.8, 4) is 0 Å². The van der Waals surface area contributed by atoms with Crippen LogP contribution in [-0.4, -0.2) is 78.5 Å². The number of hydrogen-bond acceptors (Lipinski definition) is 8. The van der Waals surface area contributed by atoms with Gasteiger partial charge in [0.25, 0.3) is 0 Å². The number of piperazine rings is 1. The van der Waals surface area contributed by atoms with Crippen LogP contribution in [0.5, 0.6) is 0 Å². The normalized spacial score (nSPS) is 40.0. The largest absolute Gasteiger partial charge is 0.341 e. The van der Waals surface area contributed by atoms with E-state index < -0.39 is 0 Å². The van der Waals surface area contributed by atoms with Gasteiger partial charge in [0, 0.05) is 37.5 Å². The number of rotatable bonds is 4. The lowest BCUT2D eigenvalue weighted by atomic mass is 10.1. The van der Waals surface area contributed by atoms with Gasteiger partial charge in [-0.15, -0.1) is 23.5 Å². The Morgan fingerprint density at radius 2 is 1.85 bits per heavy atom. The van der Waals surface area contributed by atoms with Crippen LogP contribution in [0.15, 0.2) is 0 Å². The molecule has 0 spiro atoms. The number of carbonyl (C=O) groups is 2. The number of thioether (sulfide) groups is 2. The molecule has 4 aliphatic heterocycles. The molecule has 4 aliphatic rings. The van der Waals surface area contributed by atoms with E-state index in [-0.39, 0.29) is 34.6 Å². The van der Waals surface area contributed by atoms with Crippen molar-refractivity contribution in [1.82, 2.24) is 31.9 Å². The fourth-order valence-electron chi connectivity index (χ4n) is 3.96. The molecular weight excluding hydrogens is 372 g/mol. The molecule has 26 heavy (non-hydrogen) atoms. The third-order valence-electron chi connectivity index (χ3n) is 5.40. The van der Waals surface area contributed by atoms with E-state index in [2.05, 4.69) is 31.9 Å². The zero-order valence-electron chi connectivity index (χ0n) is 14.8. The summed E-state index contributed by atoms with van der Waals surface area (Å²) < 4.78 is 0. The summed E-state index contributed by atoms with van der Waals surface area (Å²) >= 11 is 3.41. The highest BCUT2D eigenvalue weighted by molar-refractivity contribution is 8.01. The molecular formula is C16H28N6O2S2. The zero-order chi connectivity index (χ0) is 17.9. The smallest absolute Gasteiger partial charge is 0.248 e. The quantitative estimate of drug-likeness (QED) is 0.329. The van der Waals surface area contributed by atoms with Crippen molar-refractivity contribution in [2.24, 2.45) is 5.92 Å². The van der Waals surface area contributed by atoms with Crippen molar-refractivity contribution in [2.75, 3.05) is 38.5 Å². The molecule has 6 N–H and O–H groups in total. The molecule has 0 aromatic heterocycles. The standard InChI is InChI=1S/C16H28N6O2S2/c23-13(21-12-8-18-4-5-19-12)9-2-6-25-15(9)22-14(24)16-20-10-7-17-3-1-11(10)26-16/h9-12,15-20H,1-8H2,(H,21,23)(H,22,24). The van der Waals surface area contributed by atoms with Crippen molar-refractivity contribution in [3.63, 3.8) is 0 Å². The molecule has 0 aliphatic carbocycles. The Balaban J connectivity index is 1.29. The molecule has 0 saturated carbocycles. The van der Waals surface area contributed by atoms with E-state index in [1.165, 1.54) is 0 Å². The third-order valence-corrected chi connectivity index (χ3v) is 8.22. The Kier molecular flexibility index (Phi) is 6.27. The summed E-state index contributed by atoms with van der Waals surface area (Å²) in [5.74, 6) is 0.785. The van der Waals surface area contributed by atoms with Crippen LogP contribution in [0.1, 0.15) is 12.8 Å². The minimum atomic E-state index is -0.209. The average Bonchev–Trinajstić information content (AvgIpc) is 3.29. The minimum absolute atomic E-state index is 0.0130. The lowest BCUT2D eigenvalue weighted by Crippen LogP contribution is -2.59. The van der Waals surface area contributed by atoms with Gasteiger partial charge in [-0.2, -0.15) is 0 Å². The lowest BCUT2D eigenvalue weighted by Gasteiger charge is -2.28. The lowest BCUT2D eigenvalue weighted by molar-refractivity contribution is -0.126. The molecule has 4 heterocycles. The van der Waals surface area contributed by atoms with Crippen LogP contribution in [0.2, 0.25) is 0 Å². The van der Waals surface area contributed by atoms with Crippen LogP contribution < -0.4 is 31.9 Å². The first kappa shape index (κ1) is 18.8. The molecule has 8 nitrogen and oxygen atoms in total. The van der Waals surface area contributed by atoms with E-state index >= 15 is 0 Å². The SMILES string of the molecule is O=C(NC1SCCC1C(=O)NC1CNCCN1)C1NC2CNCCC2S1. The Labute approximate surface area is 162 Å². The second-order valence-corrected chi connectivity index (χ2v) is 9.83. The highest BCUT2D eigenvalue weighted by Gasteiger charge is 2.41. The molecule has 0 aromatic rings. The maximum absolute atomic E-state index is 12.7. The molecule has 0 bridgehead atoms. The van der Waals surface area contributed by atoms with E-state index in [0.29, 0.717) is 11.3 Å². The molecule has 4 rings (SSSR count). The maximum atomic E-state index is 12.7. The van der Waals surface area contributed by atoms with Crippen molar-refractivity contribution >= 4 is 35.3 Å². The second kappa shape index (κ2) is 8.66.